The zero-order valence-electron chi connectivity index (χ0n) is 18.3. The van der Waals surface area contributed by atoms with Crippen LogP contribution in [0.1, 0.15) is 36.4 Å². The number of nitrogens with one attached hydrogen (secondary N) is 1. The summed E-state index contributed by atoms with van der Waals surface area (Å²) in [6.07, 6.45) is 5.83. The van der Waals surface area contributed by atoms with E-state index in [1.54, 1.807) is 0 Å². The second kappa shape index (κ2) is 7.56. The predicted molar refractivity (Wildman–Crippen MR) is 135 cm³/mol. The van der Waals surface area contributed by atoms with Crippen molar-refractivity contribution in [2.75, 3.05) is 11.9 Å². The summed E-state index contributed by atoms with van der Waals surface area (Å²) in [4.78, 5) is 0. The lowest BCUT2D eigenvalue weighted by Gasteiger charge is -2.38. The van der Waals surface area contributed by atoms with Gasteiger partial charge in [-0.05, 0) is 81.8 Å². The molecule has 0 bridgehead atoms. The molecule has 4 aromatic rings. The van der Waals surface area contributed by atoms with Gasteiger partial charge in [-0.2, -0.15) is 0 Å². The Morgan fingerprint density at radius 3 is 2.41 bits per heavy atom. The van der Waals surface area contributed by atoms with Crippen molar-refractivity contribution in [2.24, 2.45) is 5.92 Å². The summed E-state index contributed by atoms with van der Waals surface area (Å²) in [6.45, 7) is 6.51. The quantitative estimate of drug-likeness (QED) is 0.270. The van der Waals surface area contributed by atoms with Crippen LogP contribution in [-0.2, 0) is 0 Å². The molecule has 2 aliphatic rings. The SMILES string of the molecule is C=C(C)COc1ccc2c(c1)C1C=CCC1C(c1c3ccccc3cc3ccccc13)N2. The van der Waals surface area contributed by atoms with Crippen molar-refractivity contribution in [2.45, 2.75) is 25.3 Å². The molecule has 0 spiro atoms. The summed E-state index contributed by atoms with van der Waals surface area (Å²) in [5.74, 6) is 1.79. The van der Waals surface area contributed by atoms with Crippen molar-refractivity contribution in [3.8, 4) is 5.75 Å². The Labute approximate surface area is 189 Å². The van der Waals surface area contributed by atoms with Gasteiger partial charge in [-0.1, -0.05) is 67.3 Å². The van der Waals surface area contributed by atoms with Crippen LogP contribution in [0.3, 0.4) is 0 Å². The summed E-state index contributed by atoms with van der Waals surface area (Å²) < 4.78 is 5.96. The molecule has 1 aliphatic carbocycles. The van der Waals surface area contributed by atoms with Crippen molar-refractivity contribution in [1.82, 2.24) is 0 Å². The lowest BCUT2D eigenvalue weighted by Crippen LogP contribution is -2.29. The summed E-state index contributed by atoms with van der Waals surface area (Å²) in [5.41, 5.74) is 5.00. The highest BCUT2D eigenvalue weighted by atomic mass is 16.5. The van der Waals surface area contributed by atoms with Gasteiger partial charge in [-0.3, -0.25) is 0 Å². The van der Waals surface area contributed by atoms with Crippen LogP contribution in [-0.4, -0.2) is 6.61 Å². The molecule has 2 nitrogen and oxygen atoms in total. The van der Waals surface area contributed by atoms with E-state index in [1.807, 2.05) is 6.92 Å². The van der Waals surface area contributed by atoms with Crippen LogP contribution in [0.2, 0.25) is 0 Å². The monoisotopic (exact) mass is 417 g/mol. The van der Waals surface area contributed by atoms with Crippen LogP contribution < -0.4 is 10.1 Å². The molecule has 0 saturated heterocycles. The maximum absolute atomic E-state index is 5.96. The number of benzene rings is 4. The normalized spacial score (nSPS) is 21.2. The molecule has 0 radical (unpaired) electrons. The van der Waals surface area contributed by atoms with E-state index < -0.39 is 0 Å². The Kier molecular flexibility index (Phi) is 4.53. The van der Waals surface area contributed by atoms with E-state index in [0.717, 1.165) is 17.7 Å². The lowest BCUT2D eigenvalue weighted by atomic mass is 9.75. The third kappa shape index (κ3) is 3.10. The minimum Gasteiger partial charge on any atom is -0.489 e. The standard InChI is InChI=1S/C30H27NO/c1-19(2)18-32-22-14-15-28-27(17-22)25-12-7-13-26(25)30(31-28)29-23-10-5-3-8-20(23)16-21-9-4-6-11-24(21)29/h3-12,14-17,25-26,30-31H,1,13,18H2,2H3. The second-order valence-corrected chi connectivity index (χ2v) is 9.20. The van der Waals surface area contributed by atoms with Crippen LogP contribution in [0.15, 0.2) is 97.1 Å². The van der Waals surface area contributed by atoms with Gasteiger partial charge < -0.3 is 10.1 Å². The number of allylic oxidation sites excluding steroid dienone is 2. The Morgan fingerprint density at radius 2 is 1.69 bits per heavy atom. The smallest absolute Gasteiger partial charge is 0.120 e. The van der Waals surface area contributed by atoms with Gasteiger partial charge in [-0.25, -0.2) is 0 Å². The van der Waals surface area contributed by atoms with Gasteiger partial charge >= 0.3 is 0 Å². The minimum absolute atomic E-state index is 0.251. The molecular weight excluding hydrogens is 390 g/mol. The van der Waals surface area contributed by atoms with E-state index in [0.29, 0.717) is 18.4 Å². The Bertz CT molecular complexity index is 1330. The molecule has 4 aromatic carbocycles. The molecule has 0 aromatic heterocycles. The topological polar surface area (TPSA) is 21.3 Å². The average molecular weight is 418 g/mol. The second-order valence-electron chi connectivity index (χ2n) is 9.20. The van der Waals surface area contributed by atoms with E-state index >= 15 is 0 Å². The molecule has 3 atom stereocenters. The first-order valence-corrected chi connectivity index (χ1v) is 11.4. The number of ether oxygens (including phenoxy) is 1. The molecule has 158 valence electrons. The maximum Gasteiger partial charge on any atom is 0.120 e. The molecule has 0 amide bonds. The van der Waals surface area contributed by atoms with Crippen molar-refractivity contribution in [1.29, 1.82) is 0 Å². The van der Waals surface area contributed by atoms with E-state index in [-0.39, 0.29) is 6.04 Å². The molecule has 1 aliphatic heterocycles. The van der Waals surface area contributed by atoms with Crippen LogP contribution in [0.4, 0.5) is 5.69 Å². The predicted octanol–water partition coefficient (Wildman–Crippen LogP) is 7.77. The number of hydrogen-bond acceptors (Lipinski definition) is 2. The van der Waals surface area contributed by atoms with Crippen molar-refractivity contribution < 1.29 is 4.74 Å². The Hall–Kier alpha value is -3.52. The summed E-state index contributed by atoms with van der Waals surface area (Å²) >= 11 is 0. The van der Waals surface area contributed by atoms with Crippen molar-refractivity contribution >= 4 is 27.2 Å². The van der Waals surface area contributed by atoms with Gasteiger partial charge in [0.1, 0.15) is 12.4 Å². The van der Waals surface area contributed by atoms with E-state index in [4.69, 9.17) is 4.74 Å². The lowest BCUT2D eigenvalue weighted by molar-refractivity contribution is 0.351. The van der Waals surface area contributed by atoms with Crippen LogP contribution >= 0.6 is 0 Å². The molecule has 6 rings (SSSR count). The molecule has 2 heteroatoms. The van der Waals surface area contributed by atoms with Gasteiger partial charge in [0.25, 0.3) is 0 Å². The number of fused-ring (bicyclic) bond motifs is 5. The maximum atomic E-state index is 5.96. The van der Waals surface area contributed by atoms with Gasteiger partial charge in [0.15, 0.2) is 0 Å². The fourth-order valence-corrected chi connectivity index (χ4v) is 5.54. The number of hydrogen-bond donors (Lipinski definition) is 1. The van der Waals surface area contributed by atoms with Crippen LogP contribution in [0.5, 0.6) is 5.75 Å². The number of anilines is 1. The largest absolute Gasteiger partial charge is 0.489 e. The first-order chi connectivity index (χ1) is 15.7. The average Bonchev–Trinajstić information content (AvgIpc) is 3.31. The minimum atomic E-state index is 0.251. The van der Waals surface area contributed by atoms with E-state index in [1.165, 1.54) is 38.4 Å². The van der Waals surface area contributed by atoms with Crippen LogP contribution in [0.25, 0.3) is 21.5 Å². The fourth-order valence-electron chi connectivity index (χ4n) is 5.54. The summed E-state index contributed by atoms with van der Waals surface area (Å²) in [5, 5.41) is 9.25. The first-order valence-electron chi connectivity index (χ1n) is 11.4. The van der Waals surface area contributed by atoms with Gasteiger partial charge in [0.2, 0.25) is 0 Å². The molecular formula is C30H27NO. The van der Waals surface area contributed by atoms with Crippen molar-refractivity contribution in [3.63, 3.8) is 0 Å². The summed E-state index contributed by atoms with van der Waals surface area (Å²) in [6, 6.07) is 26.7. The van der Waals surface area contributed by atoms with Crippen molar-refractivity contribution in [3.05, 3.63) is 108 Å². The van der Waals surface area contributed by atoms with E-state index in [2.05, 4.69) is 96.8 Å². The molecule has 32 heavy (non-hydrogen) atoms. The van der Waals surface area contributed by atoms with Gasteiger partial charge in [-0.15, -0.1) is 0 Å². The third-order valence-corrected chi connectivity index (χ3v) is 6.94. The highest BCUT2D eigenvalue weighted by Gasteiger charge is 2.39. The molecule has 3 unspecified atom stereocenters. The fraction of sp³-hybridized carbons (Fsp3) is 0.200. The highest BCUT2D eigenvalue weighted by Crippen LogP contribution is 2.52. The zero-order chi connectivity index (χ0) is 21.7. The highest BCUT2D eigenvalue weighted by molar-refractivity contribution is 6.03. The Morgan fingerprint density at radius 1 is 0.969 bits per heavy atom. The first kappa shape index (κ1) is 19.2. The molecule has 0 saturated carbocycles. The molecule has 1 heterocycles. The molecule has 0 fully saturated rings. The molecule has 1 N–H and O–H groups in total. The van der Waals surface area contributed by atoms with Crippen LogP contribution in [0, 0.1) is 5.92 Å². The zero-order valence-corrected chi connectivity index (χ0v) is 18.3. The summed E-state index contributed by atoms with van der Waals surface area (Å²) in [7, 11) is 0. The third-order valence-electron chi connectivity index (χ3n) is 6.94. The Balaban J connectivity index is 1.50. The van der Waals surface area contributed by atoms with E-state index in [9.17, 15) is 0 Å². The van der Waals surface area contributed by atoms with Gasteiger partial charge in [0, 0.05) is 11.6 Å². The van der Waals surface area contributed by atoms with Gasteiger partial charge in [0.05, 0.1) is 6.04 Å². The number of rotatable bonds is 4.